The molecule has 12 heteroatoms. The number of aryl methyl sites for hydroxylation is 2. The summed E-state index contributed by atoms with van der Waals surface area (Å²) in [5.41, 5.74) is 2.78. The summed E-state index contributed by atoms with van der Waals surface area (Å²) in [7, 11) is 0. The molecular formula is C31H19F2N7O3. The van der Waals surface area contributed by atoms with Gasteiger partial charge in [0.05, 0.1) is 23.6 Å². The van der Waals surface area contributed by atoms with Gasteiger partial charge in [0.25, 0.3) is 11.5 Å². The molecule has 0 unspecified atom stereocenters. The van der Waals surface area contributed by atoms with Crippen molar-refractivity contribution >= 4 is 22.5 Å². The van der Waals surface area contributed by atoms with Gasteiger partial charge in [-0.15, -0.1) is 0 Å². The second-order valence-corrected chi connectivity index (χ2v) is 9.83. The highest BCUT2D eigenvalue weighted by atomic mass is 19.1. The summed E-state index contributed by atoms with van der Waals surface area (Å²) in [6.45, 7) is 0.726. The number of H-pyrrole nitrogens is 1. The third-order valence-corrected chi connectivity index (χ3v) is 7.28. The van der Waals surface area contributed by atoms with E-state index >= 15 is 4.39 Å². The largest absolute Gasteiger partial charge is 0.454 e. The minimum Gasteiger partial charge on any atom is -0.454 e. The van der Waals surface area contributed by atoms with Crippen molar-refractivity contribution in [1.82, 2.24) is 24.5 Å². The van der Waals surface area contributed by atoms with Gasteiger partial charge in [-0.2, -0.15) is 15.5 Å². The Labute approximate surface area is 241 Å². The van der Waals surface area contributed by atoms with Gasteiger partial charge in [0.1, 0.15) is 28.9 Å². The zero-order chi connectivity index (χ0) is 29.7. The number of ether oxygens (including phenoxy) is 1. The van der Waals surface area contributed by atoms with E-state index in [1.54, 1.807) is 18.6 Å². The molecule has 6 aromatic rings. The molecule has 0 spiro atoms. The first kappa shape index (κ1) is 25.8. The molecule has 1 aliphatic heterocycles. The minimum absolute atomic E-state index is 0.0421. The van der Waals surface area contributed by atoms with Crippen molar-refractivity contribution in [3.63, 3.8) is 0 Å². The van der Waals surface area contributed by atoms with Crippen molar-refractivity contribution in [2.24, 2.45) is 0 Å². The Kier molecular flexibility index (Phi) is 6.06. The number of hydrogen-bond donors (Lipinski definition) is 2. The standard InChI is InChI=1S/C31H19F2N7O3/c32-19-1-4-21(5-2-19)40-22(13-34)6-7-24(31(40)42)30(41)38-20-3-8-26(25(33)12-20)43-27-11-17-16-37-39-10-9-23(29(17)39)28(27)18-14-35-36-15-18/h1-8,11-12,14-16H,9-10H2,(H,35,36)(H,38,41). The molecule has 210 valence electrons. The number of rotatable bonds is 6. The predicted octanol–water partition coefficient (Wildman–Crippen LogP) is 5.33. The van der Waals surface area contributed by atoms with Crippen molar-refractivity contribution < 1.29 is 18.3 Å². The number of benzene rings is 3. The number of hydrogen-bond acceptors (Lipinski definition) is 6. The van der Waals surface area contributed by atoms with Crippen LogP contribution in [-0.4, -0.2) is 30.5 Å². The van der Waals surface area contributed by atoms with Gasteiger partial charge in [-0.05, 0) is 66.6 Å². The van der Waals surface area contributed by atoms with E-state index in [4.69, 9.17) is 4.74 Å². The summed E-state index contributed by atoms with van der Waals surface area (Å²) in [4.78, 5) is 26.3. The summed E-state index contributed by atoms with van der Waals surface area (Å²) in [5.74, 6) is -1.72. The number of nitrogens with zero attached hydrogens (tertiary/aromatic N) is 5. The zero-order valence-electron chi connectivity index (χ0n) is 22.1. The quantitative estimate of drug-likeness (QED) is 0.276. The fourth-order valence-electron chi connectivity index (χ4n) is 5.35. The lowest BCUT2D eigenvalue weighted by Crippen LogP contribution is -2.29. The Morgan fingerprint density at radius 2 is 1.88 bits per heavy atom. The first-order valence-electron chi connectivity index (χ1n) is 13.1. The number of halogens is 2. The molecule has 2 N–H and O–H groups in total. The van der Waals surface area contributed by atoms with Crippen molar-refractivity contribution in [2.45, 2.75) is 13.0 Å². The molecule has 0 bridgehead atoms. The summed E-state index contributed by atoms with van der Waals surface area (Å²) >= 11 is 0. The average Bonchev–Trinajstić information content (AvgIpc) is 3.77. The Hall–Kier alpha value is -6.09. The number of nitrogens with one attached hydrogen (secondary N) is 2. The third kappa shape index (κ3) is 4.40. The van der Waals surface area contributed by atoms with E-state index in [9.17, 15) is 19.2 Å². The molecule has 0 atom stereocenters. The third-order valence-electron chi connectivity index (χ3n) is 7.28. The van der Waals surface area contributed by atoms with Crippen LogP contribution in [0, 0.1) is 23.0 Å². The van der Waals surface area contributed by atoms with Gasteiger partial charge in [0.15, 0.2) is 11.6 Å². The van der Waals surface area contributed by atoms with Crippen LogP contribution in [-0.2, 0) is 13.0 Å². The molecule has 0 saturated carbocycles. The Morgan fingerprint density at radius 1 is 1.05 bits per heavy atom. The SMILES string of the molecule is N#Cc1ccc(C(=O)Nc2ccc(Oc3cc4cnn5c4c(c3-c3cn[nH]c3)CC5)c(F)c2)c(=O)n1-c1ccc(F)cc1. The van der Waals surface area contributed by atoms with Gasteiger partial charge in [0, 0.05) is 41.0 Å². The maximum atomic E-state index is 15.4. The number of carbonyl (C=O) groups excluding carboxylic acids is 1. The molecule has 43 heavy (non-hydrogen) atoms. The molecule has 0 fully saturated rings. The second-order valence-electron chi connectivity index (χ2n) is 9.83. The average molecular weight is 576 g/mol. The highest BCUT2D eigenvalue weighted by Crippen LogP contribution is 2.43. The highest BCUT2D eigenvalue weighted by Gasteiger charge is 2.25. The fraction of sp³-hybridized carbons (Fsp3) is 0.0645. The van der Waals surface area contributed by atoms with Gasteiger partial charge < -0.3 is 10.1 Å². The van der Waals surface area contributed by atoms with Gasteiger partial charge in [-0.3, -0.25) is 23.9 Å². The van der Waals surface area contributed by atoms with Crippen molar-refractivity contribution in [2.75, 3.05) is 5.32 Å². The molecule has 0 aliphatic carbocycles. The number of aromatic nitrogens is 5. The molecule has 1 amide bonds. The Balaban J connectivity index is 1.18. The van der Waals surface area contributed by atoms with E-state index in [0.29, 0.717) is 5.75 Å². The van der Waals surface area contributed by atoms with Crippen LogP contribution in [0.2, 0.25) is 0 Å². The molecular weight excluding hydrogens is 556 g/mol. The van der Waals surface area contributed by atoms with Crippen LogP contribution < -0.4 is 15.6 Å². The number of nitriles is 1. The van der Waals surface area contributed by atoms with Gasteiger partial charge in [-0.25, -0.2) is 8.78 Å². The number of carbonyl (C=O) groups is 1. The summed E-state index contributed by atoms with van der Waals surface area (Å²) in [6.07, 6.45) is 5.90. The molecule has 0 radical (unpaired) electrons. The van der Waals surface area contributed by atoms with Crippen LogP contribution in [0.5, 0.6) is 11.5 Å². The molecule has 0 saturated heterocycles. The number of pyridine rings is 1. The zero-order valence-corrected chi connectivity index (χ0v) is 22.1. The monoisotopic (exact) mass is 575 g/mol. The van der Waals surface area contributed by atoms with Crippen molar-refractivity contribution in [3.05, 3.63) is 118 Å². The fourth-order valence-corrected chi connectivity index (χ4v) is 5.35. The lowest BCUT2D eigenvalue weighted by Gasteiger charge is -2.15. The van der Waals surface area contributed by atoms with Gasteiger partial charge in [-0.1, -0.05) is 0 Å². The number of amides is 1. The first-order valence-corrected chi connectivity index (χ1v) is 13.1. The van der Waals surface area contributed by atoms with E-state index in [1.807, 2.05) is 16.8 Å². The van der Waals surface area contributed by atoms with E-state index in [0.717, 1.165) is 63.3 Å². The number of aromatic amines is 1. The molecule has 7 rings (SSSR count). The maximum absolute atomic E-state index is 15.4. The number of anilines is 1. The molecule has 3 aromatic heterocycles. The van der Waals surface area contributed by atoms with Crippen LogP contribution >= 0.6 is 0 Å². The van der Waals surface area contributed by atoms with Crippen molar-refractivity contribution in [3.8, 4) is 34.4 Å². The summed E-state index contributed by atoms with van der Waals surface area (Å²) in [5, 5.41) is 24.2. The lowest BCUT2D eigenvalue weighted by molar-refractivity contribution is 0.102. The van der Waals surface area contributed by atoms with Crippen LogP contribution in [0.15, 0.2) is 84.0 Å². The smallest absolute Gasteiger partial charge is 0.269 e. The van der Waals surface area contributed by atoms with Crippen LogP contribution in [0.1, 0.15) is 21.6 Å². The molecule has 1 aliphatic rings. The van der Waals surface area contributed by atoms with Crippen LogP contribution in [0.3, 0.4) is 0 Å². The summed E-state index contributed by atoms with van der Waals surface area (Å²) in [6, 6.07) is 15.1. The van der Waals surface area contributed by atoms with E-state index in [-0.39, 0.29) is 28.4 Å². The predicted molar refractivity (Wildman–Crippen MR) is 152 cm³/mol. The Morgan fingerprint density at radius 3 is 2.63 bits per heavy atom. The molecule has 10 nitrogen and oxygen atoms in total. The first-order chi connectivity index (χ1) is 20.9. The second kappa shape index (κ2) is 10.1. The summed E-state index contributed by atoms with van der Waals surface area (Å²) < 4.78 is 37.8. The lowest BCUT2D eigenvalue weighted by atomic mass is 9.98. The highest BCUT2D eigenvalue weighted by molar-refractivity contribution is 6.04. The maximum Gasteiger partial charge on any atom is 0.269 e. The normalized spacial score (nSPS) is 11.9. The van der Waals surface area contributed by atoms with Gasteiger partial charge >= 0.3 is 0 Å². The van der Waals surface area contributed by atoms with Gasteiger partial charge in [0.2, 0.25) is 0 Å². The Bertz CT molecular complexity index is 2160. The topological polar surface area (TPSA) is 131 Å². The van der Waals surface area contributed by atoms with E-state index in [1.165, 1.54) is 36.4 Å². The van der Waals surface area contributed by atoms with Crippen LogP contribution in [0.4, 0.5) is 14.5 Å². The molecule has 3 aromatic carbocycles. The minimum atomic E-state index is -0.814. The molecule has 4 heterocycles. The van der Waals surface area contributed by atoms with Crippen molar-refractivity contribution in [1.29, 1.82) is 5.26 Å². The van der Waals surface area contributed by atoms with Crippen LogP contribution in [0.25, 0.3) is 27.7 Å². The van der Waals surface area contributed by atoms with E-state index in [2.05, 4.69) is 20.6 Å². The van der Waals surface area contributed by atoms with E-state index < -0.39 is 23.1 Å².